The number of unbranched alkanes of at least 4 members (excludes halogenated alkanes) is 15. The summed E-state index contributed by atoms with van der Waals surface area (Å²) in [6, 6.07) is 0. The lowest BCUT2D eigenvalue weighted by atomic mass is 10.0. The third-order valence-corrected chi connectivity index (χ3v) is 4.91. The van der Waals surface area contributed by atoms with Crippen molar-refractivity contribution in [3.63, 3.8) is 0 Å². The van der Waals surface area contributed by atoms with Crippen LogP contribution >= 0.6 is 7.82 Å². The van der Waals surface area contributed by atoms with Gasteiger partial charge in [-0.05, 0) is 13.3 Å². The second kappa shape index (κ2) is 21.7. The molecule has 0 heterocycles. The first-order valence-corrected chi connectivity index (χ1v) is 12.9. The average Bonchev–Trinajstić information content (AvgIpc) is 2.59. The minimum absolute atomic E-state index is 0.526. The summed E-state index contributed by atoms with van der Waals surface area (Å²) in [5.74, 6) is 0. The molecular weight excluding hydrogens is 379 g/mol. The summed E-state index contributed by atoms with van der Waals surface area (Å²) in [5.41, 5.74) is 0. The molecule has 6 nitrogen and oxygen atoms in total. The van der Waals surface area contributed by atoms with Crippen molar-refractivity contribution in [2.75, 3.05) is 0 Å². The zero-order valence-electron chi connectivity index (χ0n) is 18.3. The van der Waals surface area contributed by atoms with Crippen LogP contribution in [0.3, 0.4) is 0 Å². The van der Waals surface area contributed by atoms with Crippen molar-refractivity contribution in [3.8, 4) is 0 Å². The Morgan fingerprint density at radius 2 is 0.857 bits per heavy atom. The smallest absolute Gasteiger partial charge is 0.391 e. The van der Waals surface area contributed by atoms with Gasteiger partial charge in [-0.2, -0.15) is 0 Å². The van der Waals surface area contributed by atoms with E-state index in [9.17, 15) is 10.2 Å². The molecule has 2 unspecified atom stereocenters. The molecule has 5 N–H and O–H groups in total. The van der Waals surface area contributed by atoms with Gasteiger partial charge in [0.25, 0.3) is 0 Å². The van der Waals surface area contributed by atoms with Gasteiger partial charge in [0.15, 0.2) is 0 Å². The highest BCUT2D eigenvalue weighted by molar-refractivity contribution is 7.45. The number of aliphatic hydroxyl groups excluding tert-OH is 2. The van der Waals surface area contributed by atoms with Gasteiger partial charge in [-0.1, -0.05) is 110 Å². The molecule has 0 aliphatic carbocycles. The predicted molar refractivity (Wildman–Crippen MR) is 116 cm³/mol. The molecule has 0 aliphatic rings. The van der Waals surface area contributed by atoms with Crippen LogP contribution in [0.15, 0.2) is 0 Å². The highest BCUT2D eigenvalue weighted by atomic mass is 31.2. The molecule has 0 amide bonds. The quantitative estimate of drug-likeness (QED) is 0.147. The van der Waals surface area contributed by atoms with Crippen LogP contribution in [0.25, 0.3) is 0 Å². The Morgan fingerprint density at radius 1 is 0.607 bits per heavy atom. The first-order chi connectivity index (χ1) is 13.2. The second-order valence-electron chi connectivity index (χ2n) is 7.91. The van der Waals surface area contributed by atoms with E-state index in [-0.39, 0.29) is 0 Å². The molecule has 0 rings (SSSR count). The Balaban J connectivity index is 0. The van der Waals surface area contributed by atoms with Gasteiger partial charge in [0.05, 0.1) is 12.2 Å². The van der Waals surface area contributed by atoms with Crippen molar-refractivity contribution in [2.24, 2.45) is 0 Å². The Hall–Kier alpha value is 0.0300. The van der Waals surface area contributed by atoms with Crippen LogP contribution in [0, 0.1) is 0 Å². The van der Waals surface area contributed by atoms with Gasteiger partial charge in [-0.15, -0.1) is 0 Å². The third kappa shape index (κ3) is 33.6. The summed E-state index contributed by atoms with van der Waals surface area (Å²) >= 11 is 0. The van der Waals surface area contributed by atoms with Crippen LogP contribution in [0.5, 0.6) is 0 Å². The first-order valence-electron chi connectivity index (χ1n) is 11.3. The Kier molecular flexibility index (Phi) is 23.5. The molecule has 0 aromatic carbocycles. The van der Waals surface area contributed by atoms with Crippen LogP contribution in [0.4, 0.5) is 0 Å². The SMILES string of the molecule is CCCCCCCCCCCCCCCCCCC(O)C(C)O.O=P(O)(O)O. The zero-order chi connectivity index (χ0) is 21.7. The van der Waals surface area contributed by atoms with E-state index in [1.54, 1.807) is 6.92 Å². The summed E-state index contributed by atoms with van der Waals surface area (Å²) in [7, 11) is -4.64. The average molecular weight is 427 g/mol. The van der Waals surface area contributed by atoms with E-state index >= 15 is 0 Å². The van der Waals surface area contributed by atoms with Crippen molar-refractivity contribution >= 4 is 7.82 Å². The second-order valence-corrected chi connectivity index (χ2v) is 8.94. The molecule has 7 heteroatoms. The lowest BCUT2D eigenvalue weighted by Gasteiger charge is -2.12. The van der Waals surface area contributed by atoms with E-state index < -0.39 is 20.0 Å². The van der Waals surface area contributed by atoms with Gasteiger partial charge < -0.3 is 24.9 Å². The van der Waals surface area contributed by atoms with Crippen molar-refractivity contribution in [3.05, 3.63) is 0 Å². The summed E-state index contributed by atoms with van der Waals surface area (Å²) < 4.78 is 8.88. The molecule has 0 aliphatic heterocycles. The zero-order valence-corrected chi connectivity index (χ0v) is 19.2. The van der Waals surface area contributed by atoms with Crippen molar-refractivity contribution < 1.29 is 29.5 Å². The molecule has 0 fully saturated rings. The highest BCUT2D eigenvalue weighted by Crippen LogP contribution is 2.25. The minimum atomic E-state index is -4.64. The molecule has 0 bridgehead atoms. The molecule has 0 aromatic rings. The molecule has 0 saturated carbocycles. The fourth-order valence-electron chi connectivity index (χ4n) is 3.14. The molecule has 28 heavy (non-hydrogen) atoms. The first kappa shape index (κ1) is 30.2. The maximum absolute atomic E-state index is 9.49. The predicted octanol–water partition coefficient (Wildman–Crippen LogP) is 5.45. The van der Waals surface area contributed by atoms with Gasteiger partial charge >= 0.3 is 7.82 Å². The lowest BCUT2D eigenvalue weighted by Crippen LogP contribution is -2.21. The summed E-state index contributed by atoms with van der Waals surface area (Å²) in [5, 5.41) is 18.7. The normalized spacial score (nSPS) is 13.7. The molecule has 172 valence electrons. The maximum Gasteiger partial charge on any atom is 0.466 e. The van der Waals surface area contributed by atoms with Crippen LogP contribution < -0.4 is 0 Å². The fourth-order valence-corrected chi connectivity index (χ4v) is 3.14. The highest BCUT2D eigenvalue weighted by Gasteiger charge is 2.09. The Bertz CT molecular complexity index is 338. The Morgan fingerprint density at radius 3 is 1.11 bits per heavy atom. The van der Waals surface area contributed by atoms with E-state index in [0.717, 1.165) is 12.8 Å². The topological polar surface area (TPSA) is 118 Å². The maximum atomic E-state index is 9.49. The largest absolute Gasteiger partial charge is 0.466 e. The van der Waals surface area contributed by atoms with Gasteiger partial charge in [0.1, 0.15) is 0 Å². The van der Waals surface area contributed by atoms with Gasteiger partial charge in [-0.25, -0.2) is 4.57 Å². The number of rotatable bonds is 18. The van der Waals surface area contributed by atoms with Crippen molar-refractivity contribution in [1.29, 1.82) is 0 Å². The summed E-state index contributed by atoms with van der Waals surface area (Å²) in [4.78, 5) is 21.6. The van der Waals surface area contributed by atoms with E-state index in [2.05, 4.69) is 6.92 Å². The lowest BCUT2D eigenvalue weighted by molar-refractivity contribution is 0.0247. The summed E-state index contributed by atoms with van der Waals surface area (Å²) in [6.07, 6.45) is 21.5. The third-order valence-electron chi connectivity index (χ3n) is 4.91. The number of hydrogen-bond donors (Lipinski definition) is 5. The fraction of sp³-hybridized carbons (Fsp3) is 1.00. The molecule has 0 saturated heterocycles. The monoisotopic (exact) mass is 426 g/mol. The number of aliphatic hydroxyl groups is 2. The Labute approximate surface area is 173 Å². The van der Waals surface area contributed by atoms with E-state index in [1.807, 2.05) is 0 Å². The van der Waals surface area contributed by atoms with Gasteiger partial charge in [0, 0.05) is 0 Å². The van der Waals surface area contributed by atoms with E-state index in [4.69, 9.17) is 19.2 Å². The van der Waals surface area contributed by atoms with Crippen molar-refractivity contribution in [2.45, 2.75) is 135 Å². The van der Waals surface area contributed by atoms with Crippen molar-refractivity contribution in [1.82, 2.24) is 0 Å². The number of phosphoric acid groups is 1. The molecule has 0 spiro atoms. The molecule has 0 radical (unpaired) electrons. The van der Waals surface area contributed by atoms with Crippen LogP contribution in [-0.2, 0) is 4.57 Å². The van der Waals surface area contributed by atoms with Gasteiger partial charge in [0.2, 0.25) is 0 Å². The van der Waals surface area contributed by atoms with Crippen LogP contribution in [-0.4, -0.2) is 37.1 Å². The van der Waals surface area contributed by atoms with Gasteiger partial charge in [-0.3, -0.25) is 0 Å². The number of hydrogen-bond acceptors (Lipinski definition) is 3. The standard InChI is InChI=1S/C21H44O2.H3O4P/c1-3-4-5-6-7-8-9-10-11-12-13-14-15-16-17-18-19-21(23)20(2)22;1-5(2,3)4/h20-23H,3-19H2,1-2H3;(H3,1,2,3,4). The van der Waals surface area contributed by atoms with Crippen LogP contribution in [0.1, 0.15) is 123 Å². The molecule has 2 atom stereocenters. The molecule has 0 aromatic heterocycles. The minimum Gasteiger partial charge on any atom is -0.391 e. The summed E-state index contributed by atoms with van der Waals surface area (Å²) in [6.45, 7) is 3.94. The molecular formula is C21H47O6P. The van der Waals surface area contributed by atoms with Crippen LogP contribution in [0.2, 0.25) is 0 Å². The van der Waals surface area contributed by atoms with E-state index in [0.29, 0.717) is 0 Å². The van der Waals surface area contributed by atoms with E-state index in [1.165, 1.54) is 96.3 Å².